The Morgan fingerprint density at radius 2 is 1.52 bits per heavy atom. The van der Waals surface area contributed by atoms with E-state index < -0.39 is 0 Å². The smallest absolute Gasteiger partial charge is 0.125 e. The number of rotatable bonds is 7. The Hall–Kier alpha value is -2.00. The Bertz CT molecular complexity index is 532. The predicted octanol–water partition coefficient (Wildman–Crippen LogP) is 3.60. The molecule has 3 nitrogen and oxygen atoms in total. The number of nitrogens with one attached hydrogen (secondary N) is 1. The third kappa shape index (κ3) is 3.76. The van der Waals surface area contributed by atoms with Gasteiger partial charge in [-0.1, -0.05) is 36.4 Å². The van der Waals surface area contributed by atoms with Gasteiger partial charge in [0.15, 0.2) is 0 Å². The third-order valence-corrected chi connectivity index (χ3v) is 3.76. The maximum atomic E-state index is 5.46. The number of benzene rings is 2. The van der Waals surface area contributed by atoms with Gasteiger partial charge in [0.2, 0.25) is 0 Å². The SMILES string of the molecule is CNC(CCc1c(OC)cccc1OC)c1ccccc1. The molecule has 0 aromatic heterocycles. The van der Waals surface area contributed by atoms with Gasteiger partial charge < -0.3 is 14.8 Å². The lowest BCUT2D eigenvalue weighted by Gasteiger charge is -2.18. The maximum absolute atomic E-state index is 5.46. The zero-order valence-corrected chi connectivity index (χ0v) is 12.9. The van der Waals surface area contributed by atoms with Crippen LogP contribution in [0.4, 0.5) is 0 Å². The topological polar surface area (TPSA) is 30.5 Å². The molecule has 0 saturated carbocycles. The van der Waals surface area contributed by atoms with E-state index in [2.05, 4.69) is 29.6 Å². The largest absolute Gasteiger partial charge is 0.496 e. The van der Waals surface area contributed by atoms with Gasteiger partial charge >= 0.3 is 0 Å². The second kappa shape index (κ2) is 7.70. The molecule has 0 saturated heterocycles. The minimum atomic E-state index is 0.320. The molecule has 0 bridgehead atoms. The molecule has 0 amide bonds. The molecular weight excluding hydrogens is 262 g/mol. The molecule has 0 spiro atoms. The molecule has 3 heteroatoms. The average molecular weight is 285 g/mol. The van der Waals surface area contributed by atoms with Crippen molar-refractivity contribution in [2.24, 2.45) is 0 Å². The summed E-state index contributed by atoms with van der Waals surface area (Å²) in [6.07, 6.45) is 1.88. The molecule has 0 fully saturated rings. The van der Waals surface area contributed by atoms with Crippen LogP contribution in [0.3, 0.4) is 0 Å². The molecule has 0 aliphatic rings. The monoisotopic (exact) mass is 285 g/mol. The van der Waals surface area contributed by atoms with Gasteiger partial charge in [-0.25, -0.2) is 0 Å². The van der Waals surface area contributed by atoms with Crippen LogP contribution in [0.25, 0.3) is 0 Å². The van der Waals surface area contributed by atoms with Crippen molar-refractivity contribution >= 4 is 0 Å². The average Bonchev–Trinajstić information content (AvgIpc) is 2.56. The van der Waals surface area contributed by atoms with Gasteiger partial charge in [-0.15, -0.1) is 0 Å². The first-order chi connectivity index (χ1) is 10.3. The van der Waals surface area contributed by atoms with Gasteiger partial charge in [-0.3, -0.25) is 0 Å². The fourth-order valence-electron chi connectivity index (χ4n) is 2.63. The normalized spacial score (nSPS) is 12.0. The first-order valence-electron chi connectivity index (χ1n) is 7.22. The van der Waals surface area contributed by atoms with Crippen LogP contribution in [-0.4, -0.2) is 21.3 Å². The highest BCUT2D eigenvalue weighted by atomic mass is 16.5. The van der Waals surface area contributed by atoms with E-state index in [0.717, 1.165) is 29.9 Å². The lowest BCUT2D eigenvalue weighted by molar-refractivity contribution is 0.382. The minimum absolute atomic E-state index is 0.320. The van der Waals surface area contributed by atoms with Crippen molar-refractivity contribution in [3.63, 3.8) is 0 Å². The number of methoxy groups -OCH3 is 2. The van der Waals surface area contributed by atoms with Gasteiger partial charge in [-0.2, -0.15) is 0 Å². The van der Waals surface area contributed by atoms with E-state index >= 15 is 0 Å². The molecule has 1 N–H and O–H groups in total. The summed E-state index contributed by atoms with van der Waals surface area (Å²) in [5.41, 5.74) is 2.42. The fourth-order valence-corrected chi connectivity index (χ4v) is 2.63. The van der Waals surface area contributed by atoms with Crippen molar-refractivity contribution in [1.29, 1.82) is 0 Å². The lowest BCUT2D eigenvalue weighted by atomic mass is 9.98. The van der Waals surface area contributed by atoms with Gasteiger partial charge in [0, 0.05) is 11.6 Å². The second-order valence-electron chi connectivity index (χ2n) is 4.93. The molecular formula is C18H23NO2. The van der Waals surface area contributed by atoms with Gasteiger partial charge in [0.05, 0.1) is 14.2 Å². The van der Waals surface area contributed by atoms with E-state index in [4.69, 9.17) is 9.47 Å². The molecule has 0 heterocycles. The number of hydrogen-bond donors (Lipinski definition) is 1. The van der Waals surface area contributed by atoms with Gasteiger partial charge in [0.25, 0.3) is 0 Å². The molecule has 0 aliphatic heterocycles. The van der Waals surface area contributed by atoms with E-state index in [-0.39, 0.29) is 0 Å². The number of hydrogen-bond acceptors (Lipinski definition) is 3. The third-order valence-electron chi connectivity index (χ3n) is 3.76. The molecule has 112 valence electrons. The quantitative estimate of drug-likeness (QED) is 0.843. The van der Waals surface area contributed by atoms with Crippen LogP contribution in [0.15, 0.2) is 48.5 Å². The van der Waals surface area contributed by atoms with Gasteiger partial charge in [-0.05, 0) is 37.6 Å². The summed E-state index contributed by atoms with van der Waals surface area (Å²) in [6.45, 7) is 0. The highest BCUT2D eigenvalue weighted by molar-refractivity contribution is 5.45. The minimum Gasteiger partial charge on any atom is -0.496 e. The van der Waals surface area contributed by atoms with E-state index in [0.29, 0.717) is 6.04 Å². The van der Waals surface area contributed by atoms with E-state index in [9.17, 15) is 0 Å². The summed E-state index contributed by atoms with van der Waals surface area (Å²) in [5, 5.41) is 3.38. The standard InChI is InChI=1S/C18H23NO2/c1-19-16(14-8-5-4-6-9-14)13-12-15-17(20-2)10-7-11-18(15)21-3/h4-11,16,19H,12-13H2,1-3H3. The summed E-state index contributed by atoms with van der Waals surface area (Å²) >= 11 is 0. The van der Waals surface area contributed by atoms with Crippen LogP contribution < -0.4 is 14.8 Å². The van der Waals surface area contributed by atoms with Crippen molar-refractivity contribution in [3.8, 4) is 11.5 Å². The van der Waals surface area contributed by atoms with Crippen molar-refractivity contribution in [2.45, 2.75) is 18.9 Å². The van der Waals surface area contributed by atoms with Crippen LogP contribution >= 0.6 is 0 Å². The Kier molecular flexibility index (Phi) is 5.64. The molecule has 21 heavy (non-hydrogen) atoms. The van der Waals surface area contributed by atoms with Gasteiger partial charge in [0.1, 0.15) is 11.5 Å². The van der Waals surface area contributed by atoms with Crippen molar-refractivity contribution in [1.82, 2.24) is 5.32 Å². The highest BCUT2D eigenvalue weighted by Crippen LogP contribution is 2.31. The molecule has 2 rings (SSSR count). The second-order valence-corrected chi connectivity index (χ2v) is 4.93. The first kappa shape index (κ1) is 15.4. The van der Waals surface area contributed by atoms with Crippen LogP contribution in [0.5, 0.6) is 11.5 Å². The zero-order chi connectivity index (χ0) is 15.1. The lowest BCUT2D eigenvalue weighted by Crippen LogP contribution is -2.17. The summed E-state index contributed by atoms with van der Waals surface area (Å²) in [4.78, 5) is 0. The zero-order valence-electron chi connectivity index (χ0n) is 12.9. The molecule has 0 aliphatic carbocycles. The predicted molar refractivity (Wildman–Crippen MR) is 86.1 cm³/mol. The summed E-state index contributed by atoms with van der Waals surface area (Å²) in [7, 11) is 5.40. The first-order valence-corrected chi connectivity index (χ1v) is 7.22. The number of ether oxygens (including phenoxy) is 2. The fraction of sp³-hybridized carbons (Fsp3) is 0.333. The Morgan fingerprint density at radius 3 is 2.05 bits per heavy atom. The van der Waals surface area contributed by atoms with Crippen LogP contribution in [-0.2, 0) is 6.42 Å². The molecule has 2 aromatic rings. The van der Waals surface area contributed by atoms with Crippen molar-refractivity contribution in [3.05, 3.63) is 59.7 Å². The summed E-state index contributed by atoms with van der Waals surface area (Å²) < 4.78 is 10.9. The Morgan fingerprint density at radius 1 is 0.905 bits per heavy atom. The van der Waals surface area contributed by atoms with Crippen LogP contribution in [0.1, 0.15) is 23.6 Å². The molecule has 1 unspecified atom stereocenters. The van der Waals surface area contributed by atoms with E-state index in [1.807, 2.05) is 31.3 Å². The summed E-state index contributed by atoms with van der Waals surface area (Å²) in [6, 6.07) is 16.7. The Balaban J connectivity index is 2.15. The van der Waals surface area contributed by atoms with E-state index in [1.54, 1.807) is 14.2 Å². The van der Waals surface area contributed by atoms with E-state index in [1.165, 1.54) is 5.56 Å². The van der Waals surface area contributed by atoms with Crippen molar-refractivity contribution < 1.29 is 9.47 Å². The maximum Gasteiger partial charge on any atom is 0.125 e. The van der Waals surface area contributed by atoms with Crippen LogP contribution in [0, 0.1) is 0 Å². The highest BCUT2D eigenvalue weighted by Gasteiger charge is 2.14. The Labute approximate surface area is 126 Å². The molecule has 0 radical (unpaired) electrons. The van der Waals surface area contributed by atoms with Crippen molar-refractivity contribution in [2.75, 3.05) is 21.3 Å². The van der Waals surface area contributed by atoms with Crippen LogP contribution in [0.2, 0.25) is 0 Å². The molecule has 1 atom stereocenters. The molecule has 2 aromatic carbocycles. The summed E-state index contributed by atoms with van der Waals surface area (Å²) in [5.74, 6) is 1.77.